The van der Waals surface area contributed by atoms with Gasteiger partial charge in [-0.05, 0) is 80.9 Å². The summed E-state index contributed by atoms with van der Waals surface area (Å²) in [7, 11) is 0. The highest BCUT2D eigenvalue weighted by molar-refractivity contribution is 5.93. The molecule has 1 aromatic rings. The Morgan fingerprint density at radius 1 is 1.04 bits per heavy atom. The molecule has 0 aliphatic heterocycles. The second-order valence-corrected chi connectivity index (χ2v) is 8.46. The molecule has 3 N–H and O–H groups in total. The van der Waals surface area contributed by atoms with Crippen molar-refractivity contribution < 1.29 is 14.8 Å². The Balaban J connectivity index is 1.45. The molecule has 1 atom stereocenters. The first-order valence-electron chi connectivity index (χ1n) is 9.34. The zero-order valence-corrected chi connectivity index (χ0v) is 14.6. The molecular weight excluding hydrogens is 316 g/mol. The number of carbonyl (C=O) groups is 2. The topological polar surface area (TPSA) is 78.4 Å². The fraction of sp³-hybridized carbons (Fsp3) is 0.600. The highest BCUT2D eigenvalue weighted by atomic mass is 16.5. The van der Waals surface area contributed by atoms with Gasteiger partial charge in [0.25, 0.3) is 5.91 Å². The number of hydrogen-bond acceptors (Lipinski definition) is 3. The van der Waals surface area contributed by atoms with E-state index in [1.54, 1.807) is 17.6 Å². The van der Waals surface area contributed by atoms with Crippen molar-refractivity contribution >= 4 is 11.8 Å². The van der Waals surface area contributed by atoms with Crippen LogP contribution in [0, 0.1) is 23.2 Å². The van der Waals surface area contributed by atoms with E-state index in [9.17, 15) is 9.59 Å². The molecule has 0 aromatic heterocycles. The summed E-state index contributed by atoms with van der Waals surface area (Å²) < 4.78 is 0. The van der Waals surface area contributed by atoms with Gasteiger partial charge in [0.05, 0.1) is 6.04 Å². The van der Waals surface area contributed by atoms with Crippen LogP contribution in [0.2, 0.25) is 0 Å². The molecule has 2 amide bonds. The van der Waals surface area contributed by atoms with E-state index in [4.69, 9.17) is 5.21 Å². The lowest BCUT2D eigenvalue weighted by Crippen LogP contribution is -2.53. The zero-order valence-electron chi connectivity index (χ0n) is 14.6. The fourth-order valence-corrected chi connectivity index (χ4v) is 5.81. The van der Waals surface area contributed by atoms with Gasteiger partial charge in [-0.1, -0.05) is 12.1 Å². The number of nitrogens with one attached hydrogen (secondary N) is 2. The van der Waals surface area contributed by atoms with Crippen LogP contribution in [-0.4, -0.2) is 17.0 Å². The first-order valence-corrected chi connectivity index (χ1v) is 9.34. The maximum Gasteiger partial charge on any atom is 0.274 e. The van der Waals surface area contributed by atoms with Crippen molar-refractivity contribution in [2.75, 3.05) is 0 Å². The molecule has 5 rings (SSSR count). The molecule has 4 fully saturated rings. The summed E-state index contributed by atoms with van der Waals surface area (Å²) >= 11 is 0. The number of hydrogen-bond donors (Lipinski definition) is 3. The lowest BCUT2D eigenvalue weighted by atomic mass is 9.49. The van der Waals surface area contributed by atoms with Gasteiger partial charge in [0, 0.05) is 11.0 Å². The van der Waals surface area contributed by atoms with Crippen LogP contribution in [0.4, 0.5) is 0 Å². The van der Waals surface area contributed by atoms with Crippen LogP contribution in [0.15, 0.2) is 24.3 Å². The summed E-state index contributed by atoms with van der Waals surface area (Å²) in [4.78, 5) is 24.5. The molecular formula is C20H26N2O3. The first kappa shape index (κ1) is 16.6. The van der Waals surface area contributed by atoms with Gasteiger partial charge >= 0.3 is 0 Å². The summed E-state index contributed by atoms with van der Waals surface area (Å²) in [6, 6.07) is 6.89. The average Bonchev–Trinajstić information content (AvgIpc) is 2.60. The second kappa shape index (κ2) is 6.13. The number of amides is 2. The molecule has 4 aliphatic carbocycles. The van der Waals surface area contributed by atoms with Crippen molar-refractivity contribution in [3.05, 3.63) is 35.4 Å². The van der Waals surface area contributed by atoms with E-state index in [0.717, 1.165) is 42.6 Å². The van der Waals surface area contributed by atoms with Crippen LogP contribution in [0.5, 0.6) is 0 Å². The van der Waals surface area contributed by atoms with E-state index in [2.05, 4.69) is 5.32 Å². The van der Waals surface area contributed by atoms with Gasteiger partial charge in [0.1, 0.15) is 0 Å². The second-order valence-electron chi connectivity index (χ2n) is 8.46. The SMILES string of the molecule is CC(NC(=O)C12CC3CC(CC(C3)C1)C2)c1ccc(C(=O)NO)cc1. The Bertz CT molecular complexity index is 647. The minimum absolute atomic E-state index is 0.0910. The van der Waals surface area contributed by atoms with Crippen LogP contribution in [-0.2, 0) is 4.79 Å². The molecule has 134 valence electrons. The van der Waals surface area contributed by atoms with Gasteiger partial charge in [-0.15, -0.1) is 0 Å². The number of hydroxylamine groups is 1. The Kier molecular flexibility index (Phi) is 4.07. The largest absolute Gasteiger partial charge is 0.349 e. The van der Waals surface area contributed by atoms with E-state index in [0.29, 0.717) is 5.56 Å². The number of rotatable bonds is 4. The van der Waals surface area contributed by atoms with Crippen LogP contribution >= 0.6 is 0 Å². The molecule has 0 heterocycles. The summed E-state index contributed by atoms with van der Waals surface area (Å²) in [6.45, 7) is 1.99. The standard InChI is InChI=1S/C20H26N2O3/c1-12(16-2-4-17(5-3-16)18(23)22-25)21-19(24)20-9-13-6-14(10-20)8-15(7-13)11-20/h2-5,12-15,25H,6-11H2,1H3,(H,21,24)(H,22,23). The lowest BCUT2D eigenvalue weighted by Gasteiger charge is -2.55. The molecule has 0 saturated heterocycles. The Morgan fingerprint density at radius 3 is 2.04 bits per heavy atom. The van der Waals surface area contributed by atoms with Crippen molar-refractivity contribution in [3.8, 4) is 0 Å². The fourth-order valence-electron chi connectivity index (χ4n) is 5.81. The van der Waals surface area contributed by atoms with Crippen molar-refractivity contribution in [2.24, 2.45) is 23.2 Å². The van der Waals surface area contributed by atoms with Gasteiger partial charge in [0.2, 0.25) is 5.91 Å². The first-order chi connectivity index (χ1) is 12.0. The van der Waals surface area contributed by atoms with Gasteiger partial charge in [-0.2, -0.15) is 0 Å². The smallest absolute Gasteiger partial charge is 0.274 e. The van der Waals surface area contributed by atoms with Crippen LogP contribution in [0.25, 0.3) is 0 Å². The summed E-state index contributed by atoms with van der Waals surface area (Å²) in [5.41, 5.74) is 2.85. The minimum Gasteiger partial charge on any atom is -0.349 e. The van der Waals surface area contributed by atoms with Crippen molar-refractivity contribution in [1.29, 1.82) is 0 Å². The monoisotopic (exact) mass is 342 g/mol. The summed E-state index contributed by atoms with van der Waals surface area (Å²) in [5, 5.41) is 11.9. The molecule has 4 aliphatic rings. The molecule has 1 aromatic carbocycles. The molecule has 4 saturated carbocycles. The normalized spacial score (nSPS) is 33.8. The number of benzene rings is 1. The van der Waals surface area contributed by atoms with Gasteiger partial charge in [0.15, 0.2) is 0 Å². The molecule has 1 unspecified atom stereocenters. The Labute approximate surface area is 148 Å². The molecule has 25 heavy (non-hydrogen) atoms. The highest BCUT2D eigenvalue weighted by Crippen LogP contribution is 2.60. The van der Waals surface area contributed by atoms with E-state index >= 15 is 0 Å². The van der Waals surface area contributed by atoms with E-state index < -0.39 is 5.91 Å². The van der Waals surface area contributed by atoms with E-state index in [1.165, 1.54) is 19.3 Å². The maximum absolute atomic E-state index is 13.1. The molecule has 4 bridgehead atoms. The predicted octanol–water partition coefficient (Wildman–Crippen LogP) is 3.20. The minimum atomic E-state index is -0.531. The third kappa shape index (κ3) is 2.95. The van der Waals surface area contributed by atoms with Gasteiger partial charge in [-0.25, -0.2) is 5.48 Å². The Morgan fingerprint density at radius 2 is 1.56 bits per heavy atom. The average molecular weight is 342 g/mol. The van der Waals surface area contributed by atoms with Gasteiger partial charge in [-0.3, -0.25) is 14.8 Å². The van der Waals surface area contributed by atoms with Crippen LogP contribution in [0.3, 0.4) is 0 Å². The van der Waals surface area contributed by atoms with E-state index in [-0.39, 0.29) is 17.4 Å². The summed E-state index contributed by atoms with van der Waals surface area (Å²) in [6.07, 6.45) is 7.18. The summed E-state index contributed by atoms with van der Waals surface area (Å²) in [5.74, 6) is 1.95. The third-order valence-electron chi connectivity index (χ3n) is 6.64. The van der Waals surface area contributed by atoms with Gasteiger partial charge < -0.3 is 5.32 Å². The van der Waals surface area contributed by atoms with Crippen molar-refractivity contribution in [2.45, 2.75) is 51.5 Å². The van der Waals surface area contributed by atoms with Crippen molar-refractivity contribution in [3.63, 3.8) is 0 Å². The Hall–Kier alpha value is -1.88. The molecule has 5 nitrogen and oxygen atoms in total. The number of carbonyl (C=O) groups excluding carboxylic acids is 2. The maximum atomic E-state index is 13.1. The van der Waals surface area contributed by atoms with Crippen molar-refractivity contribution in [1.82, 2.24) is 10.8 Å². The molecule has 0 radical (unpaired) electrons. The van der Waals surface area contributed by atoms with Crippen LogP contribution in [0.1, 0.15) is 67.4 Å². The zero-order chi connectivity index (χ0) is 17.6. The third-order valence-corrected chi connectivity index (χ3v) is 6.64. The molecule has 5 heteroatoms. The molecule has 0 spiro atoms. The highest BCUT2D eigenvalue weighted by Gasteiger charge is 2.54. The lowest BCUT2D eigenvalue weighted by molar-refractivity contribution is -0.147. The van der Waals surface area contributed by atoms with E-state index in [1.807, 2.05) is 19.1 Å². The quantitative estimate of drug-likeness (QED) is 0.581. The van der Waals surface area contributed by atoms with Crippen LogP contribution < -0.4 is 10.8 Å². The predicted molar refractivity (Wildman–Crippen MR) is 92.9 cm³/mol.